The second kappa shape index (κ2) is 7.11. The van der Waals surface area contributed by atoms with Crippen molar-refractivity contribution in [3.63, 3.8) is 0 Å². The van der Waals surface area contributed by atoms with Crippen molar-refractivity contribution in [2.24, 2.45) is 0 Å². The quantitative estimate of drug-likeness (QED) is 0.758. The van der Waals surface area contributed by atoms with Gasteiger partial charge in [-0.15, -0.1) is 11.3 Å². The summed E-state index contributed by atoms with van der Waals surface area (Å²) in [5.74, 6) is -0.337. The predicted octanol–water partition coefficient (Wildman–Crippen LogP) is 4.07. The van der Waals surface area contributed by atoms with Crippen LogP contribution in [0.4, 0.5) is 4.39 Å². The number of benzene rings is 2. The molecule has 0 aliphatic carbocycles. The molecule has 1 unspecified atom stereocenters. The molecule has 3 nitrogen and oxygen atoms in total. The highest BCUT2D eigenvalue weighted by atomic mass is 32.1. The molecule has 0 fully saturated rings. The van der Waals surface area contributed by atoms with Crippen LogP contribution < -0.4 is 5.32 Å². The molecule has 24 heavy (non-hydrogen) atoms. The molecule has 3 aromatic rings. The highest BCUT2D eigenvalue weighted by Crippen LogP contribution is 2.25. The van der Waals surface area contributed by atoms with Crippen molar-refractivity contribution in [3.8, 4) is 0 Å². The number of carbonyl (C=O) groups excluding carboxylic acids is 1. The molecule has 1 atom stereocenters. The van der Waals surface area contributed by atoms with Crippen LogP contribution in [0.3, 0.4) is 0 Å². The van der Waals surface area contributed by atoms with Crippen LogP contribution >= 0.6 is 11.3 Å². The second-order valence-electron chi connectivity index (χ2n) is 5.89. The van der Waals surface area contributed by atoms with E-state index in [-0.39, 0.29) is 17.8 Å². The van der Waals surface area contributed by atoms with Gasteiger partial charge in [-0.1, -0.05) is 30.3 Å². The van der Waals surface area contributed by atoms with E-state index in [0.717, 1.165) is 15.6 Å². The van der Waals surface area contributed by atoms with Crippen molar-refractivity contribution in [3.05, 3.63) is 70.9 Å². The van der Waals surface area contributed by atoms with Crippen LogP contribution in [-0.4, -0.2) is 31.4 Å². The van der Waals surface area contributed by atoms with E-state index in [9.17, 15) is 9.18 Å². The van der Waals surface area contributed by atoms with Gasteiger partial charge in [0.15, 0.2) is 0 Å². The maximum Gasteiger partial charge on any atom is 0.261 e. The maximum atomic E-state index is 13.1. The maximum absolute atomic E-state index is 13.1. The molecule has 2 aromatic carbocycles. The first kappa shape index (κ1) is 16.6. The number of rotatable bonds is 5. The van der Waals surface area contributed by atoms with Gasteiger partial charge in [-0.3, -0.25) is 4.79 Å². The first-order chi connectivity index (χ1) is 11.5. The number of halogens is 1. The molecule has 0 aliphatic rings. The van der Waals surface area contributed by atoms with Crippen molar-refractivity contribution in [1.29, 1.82) is 0 Å². The number of nitrogens with one attached hydrogen (secondary N) is 1. The third-order valence-electron chi connectivity index (χ3n) is 3.98. The van der Waals surface area contributed by atoms with Crippen LogP contribution in [0.1, 0.15) is 21.3 Å². The minimum absolute atomic E-state index is 0.0103. The zero-order valence-corrected chi connectivity index (χ0v) is 14.4. The molecule has 3 rings (SSSR count). The van der Waals surface area contributed by atoms with Gasteiger partial charge in [0.1, 0.15) is 5.82 Å². The van der Waals surface area contributed by atoms with Crippen LogP contribution in [0, 0.1) is 5.82 Å². The number of likely N-dealkylation sites (N-methyl/N-ethyl adjacent to an activating group) is 1. The molecule has 1 amide bonds. The average Bonchev–Trinajstić information content (AvgIpc) is 3.00. The monoisotopic (exact) mass is 342 g/mol. The SMILES string of the molecule is CN(C)C(CNC(=O)c1cc2ccccc2s1)c1ccc(F)cc1. The van der Waals surface area contributed by atoms with Gasteiger partial charge < -0.3 is 10.2 Å². The van der Waals surface area contributed by atoms with E-state index in [2.05, 4.69) is 5.32 Å². The fourth-order valence-electron chi connectivity index (χ4n) is 2.65. The lowest BCUT2D eigenvalue weighted by Gasteiger charge is -2.25. The molecule has 0 saturated heterocycles. The van der Waals surface area contributed by atoms with E-state index in [1.807, 2.05) is 49.3 Å². The Morgan fingerprint density at radius 2 is 1.88 bits per heavy atom. The van der Waals surface area contributed by atoms with E-state index in [1.54, 1.807) is 12.1 Å². The molecule has 0 spiro atoms. The Morgan fingerprint density at radius 3 is 2.54 bits per heavy atom. The topological polar surface area (TPSA) is 32.3 Å². The van der Waals surface area contributed by atoms with Gasteiger partial charge in [-0.05, 0) is 49.3 Å². The predicted molar refractivity (Wildman–Crippen MR) is 97.0 cm³/mol. The first-order valence-electron chi connectivity index (χ1n) is 7.73. The second-order valence-corrected chi connectivity index (χ2v) is 6.97. The molecule has 5 heteroatoms. The van der Waals surface area contributed by atoms with Crippen LogP contribution in [0.15, 0.2) is 54.6 Å². The molecule has 0 saturated carbocycles. The average molecular weight is 342 g/mol. The van der Waals surface area contributed by atoms with Gasteiger partial charge >= 0.3 is 0 Å². The number of hydrogen-bond acceptors (Lipinski definition) is 3. The number of fused-ring (bicyclic) bond motifs is 1. The molecule has 1 heterocycles. The third kappa shape index (κ3) is 3.63. The summed E-state index contributed by atoms with van der Waals surface area (Å²) in [6, 6.07) is 16.3. The van der Waals surface area contributed by atoms with Crippen molar-refractivity contribution in [2.75, 3.05) is 20.6 Å². The first-order valence-corrected chi connectivity index (χ1v) is 8.55. The van der Waals surface area contributed by atoms with Gasteiger partial charge in [0.05, 0.1) is 10.9 Å². The van der Waals surface area contributed by atoms with Gasteiger partial charge in [0.2, 0.25) is 0 Å². The Hall–Kier alpha value is -2.24. The van der Waals surface area contributed by atoms with Crippen LogP contribution in [0.25, 0.3) is 10.1 Å². The molecule has 0 aliphatic heterocycles. The van der Waals surface area contributed by atoms with Crippen molar-refractivity contribution in [1.82, 2.24) is 10.2 Å². The lowest BCUT2D eigenvalue weighted by Crippen LogP contribution is -2.34. The largest absolute Gasteiger partial charge is 0.349 e. The van der Waals surface area contributed by atoms with E-state index in [0.29, 0.717) is 11.4 Å². The summed E-state index contributed by atoms with van der Waals surface area (Å²) in [7, 11) is 3.89. The molecule has 124 valence electrons. The van der Waals surface area contributed by atoms with Gasteiger partial charge in [0, 0.05) is 11.2 Å². The summed E-state index contributed by atoms with van der Waals surface area (Å²) in [5, 5.41) is 4.07. The van der Waals surface area contributed by atoms with E-state index >= 15 is 0 Å². The highest BCUT2D eigenvalue weighted by Gasteiger charge is 2.17. The lowest BCUT2D eigenvalue weighted by molar-refractivity contribution is 0.0946. The Labute approximate surface area is 144 Å². The Balaban J connectivity index is 1.72. The minimum atomic E-state index is -0.259. The Morgan fingerprint density at radius 1 is 1.17 bits per heavy atom. The van der Waals surface area contributed by atoms with Crippen molar-refractivity contribution >= 4 is 27.3 Å². The number of nitrogens with zero attached hydrogens (tertiary/aromatic N) is 1. The van der Waals surface area contributed by atoms with Crippen LogP contribution in [0.5, 0.6) is 0 Å². The Bertz CT molecular complexity index is 809. The summed E-state index contributed by atoms with van der Waals surface area (Å²) in [4.78, 5) is 15.2. The molecule has 0 bridgehead atoms. The number of carbonyl (C=O) groups is 1. The number of amides is 1. The molecular weight excluding hydrogens is 323 g/mol. The lowest BCUT2D eigenvalue weighted by atomic mass is 10.1. The van der Waals surface area contributed by atoms with E-state index < -0.39 is 0 Å². The molecule has 1 aromatic heterocycles. The van der Waals surface area contributed by atoms with Crippen molar-refractivity contribution in [2.45, 2.75) is 6.04 Å². The zero-order valence-electron chi connectivity index (χ0n) is 13.6. The summed E-state index contributed by atoms with van der Waals surface area (Å²) < 4.78 is 14.2. The van der Waals surface area contributed by atoms with Crippen LogP contribution in [-0.2, 0) is 0 Å². The van der Waals surface area contributed by atoms with Gasteiger partial charge in [-0.25, -0.2) is 4.39 Å². The number of thiophene rings is 1. The van der Waals surface area contributed by atoms with Gasteiger partial charge in [0.25, 0.3) is 5.91 Å². The zero-order chi connectivity index (χ0) is 17.1. The highest BCUT2D eigenvalue weighted by molar-refractivity contribution is 7.20. The third-order valence-corrected chi connectivity index (χ3v) is 5.10. The Kier molecular flexibility index (Phi) is 4.92. The van der Waals surface area contributed by atoms with Gasteiger partial charge in [-0.2, -0.15) is 0 Å². The minimum Gasteiger partial charge on any atom is -0.349 e. The van der Waals surface area contributed by atoms with Crippen LogP contribution in [0.2, 0.25) is 0 Å². The number of hydrogen-bond donors (Lipinski definition) is 1. The normalized spacial score (nSPS) is 12.5. The summed E-state index contributed by atoms with van der Waals surface area (Å²) in [5.41, 5.74) is 0.970. The smallest absolute Gasteiger partial charge is 0.261 e. The fraction of sp³-hybridized carbons (Fsp3) is 0.211. The summed E-state index contributed by atoms with van der Waals surface area (Å²) in [6.07, 6.45) is 0. The standard InChI is InChI=1S/C19H19FN2OS/c1-22(2)16(13-7-9-15(20)10-8-13)12-21-19(23)18-11-14-5-3-4-6-17(14)24-18/h3-11,16H,12H2,1-2H3,(H,21,23). The van der Waals surface area contributed by atoms with Crippen molar-refractivity contribution < 1.29 is 9.18 Å². The molecular formula is C19H19FN2OS. The summed E-state index contributed by atoms with van der Waals surface area (Å²) in [6.45, 7) is 0.464. The van der Waals surface area contributed by atoms with E-state index in [1.165, 1.54) is 23.5 Å². The molecule has 1 N–H and O–H groups in total. The molecule has 0 radical (unpaired) electrons. The fourth-order valence-corrected chi connectivity index (χ4v) is 3.63. The van der Waals surface area contributed by atoms with E-state index in [4.69, 9.17) is 0 Å². The summed E-state index contributed by atoms with van der Waals surface area (Å²) >= 11 is 1.49.